The Hall–Kier alpha value is -2.81. The summed E-state index contributed by atoms with van der Waals surface area (Å²) in [5, 5.41) is 0. The summed E-state index contributed by atoms with van der Waals surface area (Å²) in [4.78, 5) is 35.9. The summed E-state index contributed by atoms with van der Waals surface area (Å²) in [7, 11) is 1.49. The Morgan fingerprint density at radius 3 is 0.966 bits per heavy atom. The Balaban J connectivity index is 4.01. The fourth-order valence-electron chi connectivity index (χ4n) is 10.8. The molecule has 0 rings (SSSR count). The van der Waals surface area contributed by atoms with E-state index in [1.807, 2.05) is 21.1 Å². The van der Waals surface area contributed by atoms with Crippen LogP contribution in [0.15, 0.2) is 85.1 Å². The number of carbonyl (C=O) groups is 2. The van der Waals surface area contributed by atoms with Gasteiger partial charge in [-0.05, 0) is 70.6 Å². The molecule has 0 aliphatic heterocycles. The lowest BCUT2D eigenvalue weighted by atomic mass is 10.0. The predicted octanol–water partition coefficient (Wildman–Crippen LogP) is 24.5. The lowest BCUT2D eigenvalue weighted by Gasteiger charge is -2.24. The number of phosphoric acid groups is 1. The largest absolute Gasteiger partial charge is 0.472 e. The van der Waals surface area contributed by atoms with Gasteiger partial charge in [-0.2, -0.15) is 0 Å². The van der Waals surface area contributed by atoms with Crippen molar-refractivity contribution >= 4 is 19.8 Å². The van der Waals surface area contributed by atoms with Crippen LogP contribution in [-0.4, -0.2) is 74.9 Å². The van der Waals surface area contributed by atoms with Gasteiger partial charge in [-0.3, -0.25) is 18.6 Å². The minimum atomic E-state index is -4.40. The summed E-state index contributed by atoms with van der Waals surface area (Å²) in [6, 6.07) is 0. The van der Waals surface area contributed by atoms with Crippen LogP contribution in [0.4, 0.5) is 0 Å². The van der Waals surface area contributed by atoms with E-state index >= 15 is 0 Å². The van der Waals surface area contributed by atoms with Gasteiger partial charge in [0.1, 0.15) is 19.8 Å². The molecule has 2 unspecified atom stereocenters. The number of phosphoric ester groups is 1. The molecule has 0 fully saturated rings. The Morgan fingerprint density at radius 2 is 0.648 bits per heavy atom. The monoisotopic (exact) mass is 1250 g/mol. The molecule has 0 spiro atoms. The second kappa shape index (κ2) is 68.6. The molecule has 9 nitrogen and oxygen atoms in total. The van der Waals surface area contributed by atoms with E-state index in [0.717, 1.165) is 83.5 Å². The van der Waals surface area contributed by atoms with Crippen LogP contribution in [0.25, 0.3) is 0 Å². The van der Waals surface area contributed by atoms with Gasteiger partial charge in [0.25, 0.3) is 0 Å². The topological polar surface area (TPSA) is 108 Å². The summed E-state index contributed by atoms with van der Waals surface area (Å²) in [6.07, 6.45) is 94.2. The highest BCUT2D eigenvalue weighted by Gasteiger charge is 2.27. The molecule has 0 bridgehead atoms. The first-order valence-electron chi connectivity index (χ1n) is 37.3. The highest BCUT2D eigenvalue weighted by molar-refractivity contribution is 7.47. The highest BCUT2D eigenvalue weighted by atomic mass is 31.2. The van der Waals surface area contributed by atoms with Crippen LogP contribution in [0.5, 0.6) is 0 Å². The van der Waals surface area contributed by atoms with Crippen molar-refractivity contribution in [3.63, 3.8) is 0 Å². The minimum Gasteiger partial charge on any atom is -0.462 e. The van der Waals surface area contributed by atoms with Gasteiger partial charge < -0.3 is 18.9 Å². The standard InChI is InChI=1S/C78H142NO8P/c1-6-8-10-12-14-16-18-20-22-24-26-28-30-32-34-36-37-38-39-40-41-43-45-47-49-51-53-55-57-59-61-63-65-67-69-71-78(81)87-76(75-86-88(82,83)85-73-72-79(3,4)5)74-84-77(80)70-68-66-64-62-60-58-56-54-52-50-48-46-44-42-35-33-31-29-27-25-23-21-19-17-15-13-11-9-7-2/h8,10,14,16,20,22,26,28,32,34,37-38,40-41,76H,6-7,9,11-13,15,17-19,21,23-25,27,29-31,33,35-36,39,42-75H2,1-5H3/p+1/b10-8-,16-14-,22-20-,28-26-,34-32-,38-37-,41-40-. The second-order valence-electron chi connectivity index (χ2n) is 26.3. The summed E-state index contributed by atoms with van der Waals surface area (Å²) in [6.45, 7) is 4.37. The molecule has 1 N–H and O–H groups in total. The summed E-state index contributed by atoms with van der Waals surface area (Å²) < 4.78 is 34.8. The molecule has 10 heteroatoms. The molecule has 0 radical (unpaired) electrons. The Labute approximate surface area is 545 Å². The van der Waals surface area contributed by atoms with Gasteiger partial charge in [-0.1, -0.05) is 349 Å². The normalized spacial score (nSPS) is 13.6. The number of rotatable bonds is 69. The van der Waals surface area contributed by atoms with Crippen molar-refractivity contribution in [3.8, 4) is 0 Å². The Kier molecular flexibility index (Phi) is 66.4. The Morgan fingerprint density at radius 1 is 0.364 bits per heavy atom. The van der Waals surface area contributed by atoms with Crippen LogP contribution in [0.2, 0.25) is 0 Å². The summed E-state index contributed by atoms with van der Waals surface area (Å²) in [5.74, 6) is -0.784. The minimum absolute atomic E-state index is 0.0309. The smallest absolute Gasteiger partial charge is 0.462 e. The number of likely N-dealkylation sites (N-methyl/N-ethyl adjacent to an activating group) is 1. The van der Waals surface area contributed by atoms with E-state index in [1.54, 1.807) is 0 Å². The van der Waals surface area contributed by atoms with E-state index in [0.29, 0.717) is 23.9 Å². The third-order valence-corrected chi connectivity index (χ3v) is 17.4. The molecule has 0 aromatic rings. The number of unbranched alkanes of at least 4 members (excludes halogenated alkanes) is 41. The van der Waals surface area contributed by atoms with E-state index in [-0.39, 0.29) is 25.6 Å². The highest BCUT2D eigenvalue weighted by Crippen LogP contribution is 2.43. The van der Waals surface area contributed by atoms with E-state index < -0.39 is 26.5 Å². The number of nitrogens with zero attached hydrogens (tertiary/aromatic N) is 1. The van der Waals surface area contributed by atoms with Crippen molar-refractivity contribution in [1.29, 1.82) is 0 Å². The quantitative estimate of drug-likeness (QED) is 0.0211. The van der Waals surface area contributed by atoms with Gasteiger partial charge in [0, 0.05) is 12.8 Å². The lowest BCUT2D eigenvalue weighted by Crippen LogP contribution is -2.37. The number of ether oxygens (including phenoxy) is 2. The van der Waals surface area contributed by atoms with Gasteiger partial charge in [-0.15, -0.1) is 0 Å². The molecule has 512 valence electrons. The van der Waals surface area contributed by atoms with E-state index in [1.165, 1.54) is 231 Å². The van der Waals surface area contributed by atoms with Crippen LogP contribution in [-0.2, 0) is 32.7 Å². The van der Waals surface area contributed by atoms with E-state index in [2.05, 4.69) is 98.9 Å². The van der Waals surface area contributed by atoms with Crippen LogP contribution < -0.4 is 0 Å². The zero-order valence-electron chi connectivity index (χ0n) is 58.5. The maximum atomic E-state index is 12.9. The van der Waals surface area contributed by atoms with Gasteiger partial charge in [0.05, 0.1) is 27.7 Å². The first kappa shape index (κ1) is 85.2. The molecule has 0 amide bonds. The zero-order chi connectivity index (χ0) is 64.1. The average molecular weight is 1250 g/mol. The average Bonchev–Trinajstić information content (AvgIpc) is 3.57. The predicted molar refractivity (Wildman–Crippen MR) is 381 cm³/mol. The lowest BCUT2D eigenvalue weighted by molar-refractivity contribution is -0.870. The molecule has 0 heterocycles. The summed E-state index contributed by atoms with van der Waals surface area (Å²) >= 11 is 0. The van der Waals surface area contributed by atoms with E-state index in [4.69, 9.17) is 18.5 Å². The van der Waals surface area contributed by atoms with Gasteiger partial charge >= 0.3 is 19.8 Å². The number of hydrogen-bond acceptors (Lipinski definition) is 7. The van der Waals surface area contributed by atoms with Gasteiger partial charge in [0.2, 0.25) is 0 Å². The molecule has 0 saturated carbocycles. The molecule has 0 aromatic heterocycles. The maximum absolute atomic E-state index is 12.9. The molecule has 2 atom stereocenters. The number of allylic oxidation sites excluding steroid dienone is 14. The van der Waals surface area contributed by atoms with Gasteiger partial charge in [-0.25, -0.2) is 4.57 Å². The van der Waals surface area contributed by atoms with Crippen molar-refractivity contribution in [2.24, 2.45) is 0 Å². The SMILES string of the molecule is CC/C=C\C/C=C\C/C=C\C/C=C\C/C=C\C/C=C\C/C=C\CCCCCCCCCCCCCCCC(=O)OC(COC(=O)CCCCCCCCCCCCCCCCCCCCCCCCCCCCCCC)COP(=O)(O)OCC[N+](C)(C)C. The van der Waals surface area contributed by atoms with E-state index in [9.17, 15) is 19.0 Å². The third kappa shape index (κ3) is 72.3. The Bertz CT molecular complexity index is 1760. The first-order valence-corrected chi connectivity index (χ1v) is 38.8. The summed E-state index contributed by atoms with van der Waals surface area (Å²) in [5.41, 5.74) is 0. The number of hydrogen-bond donors (Lipinski definition) is 1. The van der Waals surface area contributed by atoms with Crippen molar-refractivity contribution in [1.82, 2.24) is 0 Å². The molecule has 88 heavy (non-hydrogen) atoms. The van der Waals surface area contributed by atoms with Crippen LogP contribution >= 0.6 is 7.82 Å². The fraction of sp³-hybridized carbons (Fsp3) is 0.795. The van der Waals surface area contributed by atoms with Crippen LogP contribution in [0.3, 0.4) is 0 Å². The molecule has 0 aliphatic carbocycles. The maximum Gasteiger partial charge on any atom is 0.472 e. The fourth-order valence-corrected chi connectivity index (χ4v) is 11.5. The second-order valence-corrected chi connectivity index (χ2v) is 27.8. The molecular weight excluding hydrogens is 1110 g/mol. The van der Waals surface area contributed by atoms with Crippen molar-refractivity contribution in [2.75, 3.05) is 47.5 Å². The van der Waals surface area contributed by atoms with Gasteiger partial charge in [0.15, 0.2) is 6.10 Å². The zero-order valence-corrected chi connectivity index (χ0v) is 59.4. The van der Waals surface area contributed by atoms with Crippen molar-refractivity contribution < 1.29 is 42.1 Å². The number of carbonyl (C=O) groups excluding carboxylic acids is 2. The van der Waals surface area contributed by atoms with Crippen molar-refractivity contribution in [3.05, 3.63) is 85.1 Å². The van der Waals surface area contributed by atoms with Crippen LogP contribution in [0.1, 0.15) is 348 Å². The molecule has 0 saturated heterocycles. The molecule has 0 aromatic carbocycles. The first-order chi connectivity index (χ1) is 43.0. The third-order valence-electron chi connectivity index (χ3n) is 16.4. The van der Waals surface area contributed by atoms with Crippen molar-refractivity contribution in [2.45, 2.75) is 354 Å². The molecular formula is C78H143NO8P+. The van der Waals surface area contributed by atoms with Crippen LogP contribution in [0, 0.1) is 0 Å². The number of quaternary nitrogens is 1. The number of esters is 2. The molecule has 0 aliphatic rings.